The predicted octanol–water partition coefficient (Wildman–Crippen LogP) is 0.149. The first-order valence-electron chi connectivity index (χ1n) is 3.72. The van der Waals surface area contributed by atoms with Gasteiger partial charge in [-0.3, -0.25) is 0 Å². The summed E-state index contributed by atoms with van der Waals surface area (Å²) in [5, 5.41) is 0. The van der Waals surface area contributed by atoms with Crippen LogP contribution in [-0.2, 0) is 9.50 Å². The Balaban J connectivity index is 4.01. The predicted molar refractivity (Wildman–Crippen MR) is 43.8 cm³/mol. The van der Waals surface area contributed by atoms with Gasteiger partial charge < -0.3 is 0 Å². The van der Waals surface area contributed by atoms with Crippen molar-refractivity contribution in [2.45, 2.75) is 19.9 Å². The molecule has 4 heteroatoms. The van der Waals surface area contributed by atoms with Crippen molar-refractivity contribution in [3.05, 3.63) is 0 Å². The summed E-state index contributed by atoms with van der Waals surface area (Å²) in [5.41, 5.74) is 0. The van der Waals surface area contributed by atoms with Crippen LogP contribution in [0, 0.1) is 5.92 Å². The standard InChI is InChI=1S/C7H14BNO2/c1-6(2)7(4-10)9(3)5-8-11/h4,6-7H,5H2,1-3H3/t7-/m1/s1. The quantitative estimate of drug-likeness (QED) is 0.418. The minimum absolute atomic E-state index is 0.139. The van der Waals surface area contributed by atoms with Crippen LogP contribution < -0.4 is 0 Å². The van der Waals surface area contributed by atoms with Gasteiger partial charge in [-0.15, -0.1) is 0 Å². The van der Waals surface area contributed by atoms with E-state index in [1.165, 1.54) is 0 Å². The molecule has 0 aromatic heterocycles. The summed E-state index contributed by atoms with van der Waals surface area (Å²) in [6, 6.07) is -0.139. The molecule has 0 heterocycles. The molecule has 0 bridgehead atoms. The molecule has 0 radical (unpaired) electrons. The Labute approximate surface area is 68.0 Å². The first-order chi connectivity index (χ1) is 5.13. The molecule has 0 spiro atoms. The SMILES string of the molecule is CC(C)[C@@H](C=O)N(C)CB=O. The van der Waals surface area contributed by atoms with Crippen molar-refractivity contribution in [3.63, 3.8) is 0 Å². The summed E-state index contributed by atoms with van der Waals surface area (Å²) in [4.78, 5) is 12.2. The Morgan fingerprint density at radius 1 is 1.55 bits per heavy atom. The molecule has 0 aliphatic rings. The molecule has 0 amide bonds. The average Bonchev–Trinajstić information content (AvgIpc) is 1.88. The molecule has 0 unspecified atom stereocenters. The molecule has 0 aliphatic heterocycles. The molecule has 1 atom stereocenters. The molecule has 3 nitrogen and oxygen atoms in total. The zero-order valence-corrected chi connectivity index (χ0v) is 7.28. The number of aldehydes is 1. The molecular weight excluding hydrogens is 141 g/mol. The Morgan fingerprint density at radius 2 is 2.09 bits per heavy atom. The van der Waals surface area contributed by atoms with Gasteiger partial charge in [-0.2, -0.15) is 0 Å². The second kappa shape index (κ2) is 5.19. The molecule has 0 aromatic rings. The normalized spacial score (nSPS) is 13.2. The maximum absolute atomic E-state index is 10.5. The molecule has 0 aliphatic carbocycles. The summed E-state index contributed by atoms with van der Waals surface area (Å²) in [7, 11) is 2.58. The third kappa shape index (κ3) is 3.42. The van der Waals surface area contributed by atoms with Gasteiger partial charge in [-0.1, -0.05) is 0 Å². The Hall–Kier alpha value is -0.505. The van der Waals surface area contributed by atoms with Crippen LogP contribution in [-0.4, -0.2) is 37.9 Å². The Morgan fingerprint density at radius 3 is 2.36 bits per heavy atom. The van der Waals surface area contributed by atoms with Gasteiger partial charge >= 0.3 is 67.1 Å². The van der Waals surface area contributed by atoms with E-state index in [1.807, 2.05) is 13.8 Å². The fourth-order valence-corrected chi connectivity index (χ4v) is 1.01. The van der Waals surface area contributed by atoms with Gasteiger partial charge in [0.25, 0.3) is 0 Å². The first-order valence-corrected chi connectivity index (χ1v) is 3.72. The van der Waals surface area contributed by atoms with Gasteiger partial charge in [0.2, 0.25) is 0 Å². The number of carbonyl (C=O) groups is 1. The van der Waals surface area contributed by atoms with Gasteiger partial charge in [-0.25, -0.2) is 0 Å². The van der Waals surface area contributed by atoms with Gasteiger partial charge in [0.1, 0.15) is 0 Å². The molecule has 11 heavy (non-hydrogen) atoms. The van der Waals surface area contributed by atoms with Gasteiger partial charge in [0.15, 0.2) is 0 Å². The van der Waals surface area contributed by atoms with E-state index in [1.54, 1.807) is 11.9 Å². The Bertz CT molecular complexity index is 138. The van der Waals surface area contributed by atoms with Crippen LogP contribution in [0.5, 0.6) is 0 Å². The fraction of sp³-hybridized carbons (Fsp3) is 0.857. The van der Waals surface area contributed by atoms with E-state index in [0.29, 0.717) is 6.44 Å². The van der Waals surface area contributed by atoms with E-state index in [2.05, 4.69) is 0 Å². The summed E-state index contributed by atoms with van der Waals surface area (Å²) in [5.74, 6) is 0.262. The topological polar surface area (TPSA) is 37.4 Å². The van der Waals surface area contributed by atoms with Gasteiger partial charge in [0.05, 0.1) is 0 Å². The number of hydrogen-bond acceptors (Lipinski definition) is 3. The number of likely N-dealkylation sites (N-methyl/N-ethyl adjacent to an activating group) is 1. The van der Waals surface area contributed by atoms with Crippen molar-refractivity contribution in [1.82, 2.24) is 4.90 Å². The van der Waals surface area contributed by atoms with Crippen LogP contribution in [0.1, 0.15) is 13.8 Å². The number of nitrogens with zero attached hydrogens (tertiary/aromatic N) is 1. The number of hydrogen-bond donors (Lipinski definition) is 0. The summed E-state index contributed by atoms with van der Waals surface area (Å²) in [6.07, 6.45) is 1.20. The number of rotatable bonds is 5. The van der Waals surface area contributed by atoms with Crippen LogP contribution in [0.3, 0.4) is 0 Å². The summed E-state index contributed by atoms with van der Waals surface area (Å²) in [6.45, 7) is 3.92. The van der Waals surface area contributed by atoms with E-state index in [9.17, 15) is 9.50 Å². The van der Waals surface area contributed by atoms with Crippen molar-refractivity contribution in [1.29, 1.82) is 0 Å². The van der Waals surface area contributed by atoms with Crippen LogP contribution in [0.25, 0.3) is 0 Å². The van der Waals surface area contributed by atoms with E-state index in [0.717, 1.165) is 13.4 Å². The minimum atomic E-state index is -0.139. The van der Waals surface area contributed by atoms with Gasteiger partial charge in [-0.05, 0) is 0 Å². The maximum atomic E-state index is 10.5. The van der Waals surface area contributed by atoms with Gasteiger partial charge in [0, 0.05) is 0 Å². The van der Waals surface area contributed by atoms with Crippen LogP contribution in [0.4, 0.5) is 0 Å². The molecule has 0 rings (SSSR count). The first kappa shape index (κ1) is 10.5. The molecule has 0 fully saturated rings. The molecule has 0 N–H and O–H groups in total. The third-order valence-corrected chi connectivity index (χ3v) is 1.69. The van der Waals surface area contributed by atoms with Crippen LogP contribution in [0.15, 0.2) is 0 Å². The third-order valence-electron chi connectivity index (χ3n) is 1.69. The van der Waals surface area contributed by atoms with E-state index in [-0.39, 0.29) is 12.0 Å². The van der Waals surface area contributed by atoms with Crippen LogP contribution >= 0.6 is 0 Å². The second-order valence-electron chi connectivity index (χ2n) is 2.98. The van der Waals surface area contributed by atoms with E-state index in [4.69, 9.17) is 0 Å². The summed E-state index contributed by atoms with van der Waals surface area (Å²) < 4.78 is 10.1. The van der Waals surface area contributed by atoms with E-state index >= 15 is 0 Å². The number of carbonyl (C=O) groups excluding carboxylic acids is 1. The van der Waals surface area contributed by atoms with Crippen molar-refractivity contribution < 1.29 is 9.50 Å². The average molecular weight is 155 g/mol. The molecular formula is C7H14BNO2. The zero-order valence-electron chi connectivity index (χ0n) is 7.28. The Kier molecular flexibility index (Phi) is 4.95. The van der Waals surface area contributed by atoms with Crippen molar-refractivity contribution >= 4 is 13.4 Å². The van der Waals surface area contributed by atoms with Crippen molar-refractivity contribution in [2.24, 2.45) is 5.92 Å². The zero-order chi connectivity index (χ0) is 8.85. The van der Waals surface area contributed by atoms with E-state index < -0.39 is 0 Å². The monoisotopic (exact) mass is 155 g/mol. The molecule has 0 saturated heterocycles. The summed E-state index contributed by atoms with van der Waals surface area (Å²) >= 11 is 0. The molecule has 0 saturated carbocycles. The van der Waals surface area contributed by atoms with Crippen LogP contribution in [0.2, 0.25) is 0 Å². The van der Waals surface area contributed by atoms with Crippen molar-refractivity contribution in [2.75, 3.05) is 13.5 Å². The fourth-order valence-electron chi connectivity index (χ4n) is 1.01. The molecule has 62 valence electrons. The molecule has 0 aromatic carbocycles. The van der Waals surface area contributed by atoms with Crippen molar-refractivity contribution in [3.8, 4) is 0 Å². The second-order valence-corrected chi connectivity index (χ2v) is 2.98.